The Kier molecular flexibility index (Phi) is 3.02. The molecule has 3 N–H and O–H groups in total. The second-order valence-electron chi connectivity index (χ2n) is 5.45. The predicted octanol–water partition coefficient (Wildman–Crippen LogP) is 3.06. The third-order valence-electron chi connectivity index (χ3n) is 3.80. The van der Waals surface area contributed by atoms with Crippen molar-refractivity contribution in [1.82, 2.24) is 0 Å². The summed E-state index contributed by atoms with van der Waals surface area (Å²) >= 11 is 0. The van der Waals surface area contributed by atoms with Crippen LogP contribution in [-0.2, 0) is 11.2 Å². The van der Waals surface area contributed by atoms with Gasteiger partial charge in [0.05, 0.1) is 0 Å². The van der Waals surface area contributed by atoms with Gasteiger partial charge in [-0.2, -0.15) is 0 Å². The maximum Gasteiger partial charge on any atom is 0.320 e. The molecular weight excluding hydrogens is 270 g/mol. The van der Waals surface area contributed by atoms with Crippen LogP contribution in [0.3, 0.4) is 0 Å². The Morgan fingerprint density at radius 2 is 1.71 bits per heavy atom. The van der Waals surface area contributed by atoms with Crippen LogP contribution in [-0.4, -0.2) is 17.1 Å². The van der Waals surface area contributed by atoms with Crippen molar-refractivity contribution in [3.05, 3.63) is 34.8 Å². The molecule has 5 heteroatoms. The van der Waals surface area contributed by atoms with Gasteiger partial charge in [-0.15, -0.1) is 0 Å². The van der Waals surface area contributed by atoms with Gasteiger partial charge < -0.3 is 19.7 Å². The lowest BCUT2D eigenvalue weighted by Crippen LogP contribution is -2.32. The summed E-state index contributed by atoms with van der Waals surface area (Å²) < 4.78 is 11.6. The highest BCUT2D eigenvalue weighted by Gasteiger charge is 2.22. The second-order valence-corrected chi connectivity index (χ2v) is 5.45. The largest absolute Gasteiger partial charge is 0.480 e. The molecule has 2 aromatic heterocycles. The highest BCUT2D eigenvalue weighted by Crippen LogP contribution is 2.36. The lowest BCUT2D eigenvalue weighted by molar-refractivity contribution is -0.138. The van der Waals surface area contributed by atoms with Gasteiger partial charge in [0.15, 0.2) is 0 Å². The first-order chi connectivity index (χ1) is 9.88. The molecule has 0 fully saturated rings. The summed E-state index contributed by atoms with van der Waals surface area (Å²) in [5.74, 6) is 0.533. The molecule has 0 saturated carbocycles. The van der Waals surface area contributed by atoms with E-state index in [2.05, 4.69) is 0 Å². The third-order valence-corrected chi connectivity index (χ3v) is 3.80. The van der Waals surface area contributed by atoms with Crippen LogP contribution >= 0.6 is 0 Å². The monoisotopic (exact) mass is 287 g/mol. The van der Waals surface area contributed by atoms with Crippen molar-refractivity contribution in [1.29, 1.82) is 0 Å². The van der Waals surface area contributed by atoms with Crippen molar-refractivity contribution >= 4 is 27.9 Å². The van der Waals surface area contributed by atoms with Crippen molar-refractivity contribution in [3.8, 4) is 0 Å². The summed E-state index contributed by atoms with van der Waals surface area (Å²) in [6.45, 7) is 5.71. The zero-order valence-corrected chi connectivity index (χ0v) is 12.2. The molecule has 0 amide bonds. The number of hydrogen-bond acceptors (Lipinski definition) is 4. The Labute approximate surface area is 121 Å². The Balaban J connectivity index is 2.36. The average molecular weight is 287 g/mol. The summed E-state index contributed by atoms with van der Waals surface area (Å²) in [6, 6.07) is 2.88. The lowest BCUT2D eigenvalue weighted by atomic mass is 9.97. The van der Waals surface area contributed by atoms with Crippen LogP contribution in [0, 0.1) is 20.8 Å². The number of rotatable bonds is 3. The number of benzene rings is 1. The van der Waals surface area contributed by atoms with Gasteiger partial charge in [-0.05, 0) is 32.9 Å². The first-order valence-corrected chi connectivity index (χ1v) is 6.78. The molecule has 21 heavy (non-hydrogen) atoms. The van der Waals surface area contributed by atoms with Crippen LogP contribution in [0.1, 0.15) is 22.6 Å². The van der Waals surface area contributed by atoms with E-state index in [1.165, 1.54) is 0 Å². The molecule has 0 aliphatic rings. The van der Waals surface area contributed by atoms with Crippen LogP contribution in [0.5, 0.6) is 0 Å². The molecule has 0 radical (unpaired) electrons. The second kappa shape index (κ2) is 4.63. The number of furan rings is 2. The fourth-order valence-electron chi connectivity index (χ4n) is 2.79. The van der Waals surface area contributed by atoms with E-state index < -0.39 is 12.0 Å². The average Bonchev–Trinajstić information content (AvgIpc) is 2.97. The predicted molar refractivity (Wildman–Crippen MR) is 79.5 cm³/mol. The number of aryl methyl sites for hydroxylation is 3. The molecule has 3 aromatic rings. The number of hydrogen-bond donors (Lipinski definition) is 2. The van der Waals surface area contributed by atoms with Crippen molar-refractivity contribution in [2.75, 3.05) is 0 Å². The minimum atomic E-state index is -1.03. The van der Waals surface area contributed by atoms with Gasteiger partial charge in [-0.3, -0.25) is 4.79 Å². The molecule has 1 atom stereocenters. The molecule has 3 rings (SSSR count). The molecule has 110 valence electrons. The van der Waals surface area contributed by atoms with Gasteiger partial charge >= 0.3 is 5.97 Å². The van der Waals surface area contributed by atoms with E-state index in [0.717, 1.165) is 39.0 Å². The smallest absolute Gasteiger partial charge is 0.320 e. The van der Waals surface area contributed by atoms with Gasteiger partial charge in [0.2, 0.25) is 0 Å². The standard InChI is InChI=1S/C16H17NO4/c1-7-4-10-9(3)14-11(5-8(2)20-14)12(15(10)21-7)6-13(17)16(18)19/h4-5,13H,6,17H2,1-3H3,(H,18,19). The van der Waals surface area contributed by atoms with Crippen LogP contribution < -0.4 is 5.73 Å². The molecule has 0 saturated heterocycles. The number of nitrogens with two attached hydrogens (primary N) is 1. The van der Waals surface area contributed by atoms with Crippen molar-refractivity contribution in [2.24, 2.45) is 5.73 Å². The topological polar surface area (TPSA) is 89.6 Å². The highest BCUT2D eigenvalue weighted by molar-refractivity contribution is 6.02. The molecule has 0 bridgehead atoms. The molecule has 0 aliphatic carbocycles. The maximum atomic E-state index is 11.1. The number of carbonyl (C=O) groups is 1. The minimum absolute atomic E-state index is 0.203. The van der Waals surface area contributed by atoms with E-state index in [1.807, 2.05) is 32.9 Å². The summed E-state index contributed by atoms with van der Waals surface area (Å²) in [4.78, 5) is 11.1. The number of aliphatic carboxylic acids is 1. The first kappa shape index (κ1) is 13.7. The Morgan fingerprint density at radius 1 is 1.14 bits per heavy atom. The Hall–Kier alpha value is -2.27. The van der Waals surface area contributed by atoms with Gasteiger partial charge in [0.1, 0.15) is 28.7 Å². The molecular formula is C16H17NO4. The molecule has 5 nitrogen and oxygen atoms in total. The summed E-state index contributed by atoms with van der Waals surface area (Å²) in [5, 5.41) is 10.9. The van der Waals surface area contributed by atoms with Gasteiger partial charge in [0.25, 0.3) is 0 Å². The normalized spacial score (nSPS) is 13.1. The zero-order chi connectivity index (χ0) is 15.3. The molecule has 0 aliphatic heterocycles. The van der Waals surface area contributed by atoms with E-state index in [9.17, 15) is 4.79 Å². The lowest BCUT2D eigenvalue weighted by Gasteiger charge is -2.09. The Bertz CT molecular complexity index is 799. The quantitative estimate of drug-likeness (QED) is 0.772. The fourth-order valence-corrected chi connectivity index (χ4v) is 2.79. The van der Waals surface area contributed by atoms with Crippen LogP contribution in [0.25, 0.3) is 21.9 Å². The number of carboxylic acid groups (broad SMARTS) is 1. The zero-order valence-electron chi connectivity index (χ0n) is 12.2. The molecule has 2 heterocycles. The van der Waals surface area contributed by atoms with Crippen LogP contribution in [0.2, 0.25) is 0 Å². The summed E-state index contributed by atoms with van der Waals surface area (Å²) in [7, 11) is 0. The van der Waals surface area contributed by atoms with E-state index in [-0.39, 0.29) is 6.42 Å². The van der Waals surface area contributed by atoms with E-state index >= 15 is 0 Å². The molecule has 0 spiro atoms. The fraction of sp³-hybridized carbons (Fsp3) is 0.312. The van der Waals surface area contributed by atoms with Crippen LogP contribution in [0.15, 0.2) is 21.0 Å². The molecule has 1 aromatic carbocycles. The van der Waals surface area contributed by atoms with E-state index in [1.54, 1.807) is 0 Å². The van der Waals surface area contributed by atoms with Crippen molar-refractivity contribution in [3.63, 3.8) is 0 Å². The number of fused-ring (bicyclic) bond motifs is 2. The summed E-state index contributed by atoms with van der Waals surface area (Å²) in [5.41, 5.74) is 8.98. The van der Waals surface area contributed by atoms with E-state index in [4.69, 9.17) is 19.7 Å². The minimum Gasteiger partial charge on any atom is -0.480 e. The van der Waals surface area contributed by atoms with Crippen LogP contribution in [0.4, 0.5) is 0 Å². The Morgan fingerprint density at radius 3 is 2.33 bits per heavy atom. The molecule has 1 unspecified atom stereocenters. The maximum absolute atomic E-state index is 11.1. The highest BCUT2D eigenvalue weighted by atomic mass is 16.4. The first-order valence-electron chi connectivity index (χ1n) is 6.78. The van der Waals surface area contributed by atoms with Gasteiger partial charge in [-0.25, -0.2) is 0 Å². The van der Waals surface area contributed by atoms with E-state index in [0.29, 0.717) is 5.58 Å². The summed E-state index contributed by atoms with van der Waals surface area (Å²) in [6.07, 6.45) is 0.203. The van der Waals surface area contributed by atoms with Crippen molar-refractivity contribution < 1.29 is 18.7 Å². The SMILES string of the molecule is Cc1cc2c(CC(N)C(=O)O)c3oc(C)cc3c(C)c2o1. The van der Waals surface area contributed by atoms with Gasteiger partial charge in [-0.1, -0.05) is 0 Å². The van der Waals surface area contributed by atoms with Crippen molar-refractivity contribution in [2.45, 2.75) is 33.2 Å². The third kappa shape index (κ3) is 2.10. The number of carboxylic acids is 1. The van der Waals surface area contributed by atoms with Gasteiger partial charge in [0, 0.05) is 28.3 Å².